The molecule has 0 spiro atoms. The second kappa shape index (κ2) is 7.58. The highest BCUT2D eigenvalue weighted by atomic mass is 16.6. The van der Waals surface area contributed by atoms with Crippen molar-refractivity contribution in [3.8, 4) is 5.75 Å². The van der Waals surface area contributed by atoms with E-state index in [1.54, 1.807) is 18.5 Å². The molecule has 0 fully saturated rings. The predicted molar refractivity (Wildman–Crippen MR) is 89.9 cm³/mol. The molecular formula is C19H21NO3. The van der Waals surface area contributed by atoms with Gasteiger partial charge in [-0.1, -0.05) is 30.3 Å². The minimum atomic E-state index is -0.500. The summed E-state index contributed by atoms with van der Waals surface area (Å²) in [4.78, 5) is 15.8. The zero-order chi connectivity index (χ0) is 16.7. The van der Waals surface area contributed by atoms with E-state index in [0.29, 0.717) is 12.4 Å². The number of pyridine rings is 1. The number of rotatable bonds is 5. The van der Waals surface area contributed by atoms with Crippen LogP contribution >= 0.6 is 0 Å². The van der Waals surface area contributed by atoms with Crippen molar-refractivity contribution in [3.05, 3.63) is 66.0 Å². The summed E-state index contributed by atoms with van der Waals surface area (Å²) in [5, 5.41) is 0. The van der Waals surface area contributed by atoms with E-state index in [4.69, 9.17) is 9.47 Å². The fourth-order valence-corrected chi connectivity index (χ4v) is 1.85. The molecule has 4 nitrogen and oxygen atoms in total. The molecule has 1 aromatic carbocycles. The summed E-state index contributed by atoms with van der Waals surface area (Å²) in [6, 6.07) is 11.7. The Balaban J connectivity index is 1.95. The third-order valence-electron chi connectivity index (χ3n) is 2.80. The molecule has 0 N–H and O–H groups in total. The van der Waals surface area contributed by atoms with Crippen LogP contribution in [-0.2, 0) is 16.1 Å². The molecule has 0 radical (unpaired) electrons. The standard InChI is InChI=1S/C19H21NO3/c1-19(2,3)23-18(21)10-9-16-11-17(13-20-12-16)22-14-15-7-5-4-6-8-15/h4-13H,14H2,1-3H3. The van der Waals surface area contributed by atoms with Crippen LogP contribution in [0, 0.1) is 0 Å². The minimum Gasteiger partial charge on any atom is -0.487 e. The molecule has 0 atom stereocenters. The lowest BCUT2D eigenvalue weighted by atomic mass is 10.2. The average molecular weight is 311 g/mol. The second-order valence-corrected chi connectivity index (χ2v) is 6.10. The third kappa shape index (κ3) is 6.34. The summed E-state index contributed by atoms with van der Waals surface area (Å²) in [5.74, 6) is 0.272. The van der Waals surface area contributed by atoms with Gasteiger partial charge in [0.2, 0.25) is 0 Å². The molecule has 23 heavy (non-hydrogen) atoms. The van der Waals surface area contributed by atoms with Crippen LogP contribution in [0.15, 0.2) is 54.9 Å². The van der Waals surface area contributed by atoms with E-state index in [-0.39, 0.29) is 5.97 Å². The minimum absolute atomic E-state index is 0.381. The molecule has 2 rings (SSSR count). The van der Waals surface area contributed by atoms with E-state index >= 15 is 0 Å². The molecule has 0 aliphatic rings. The maximum atomic E-state index is 11.7. The number of esters is 1. The fourth-order valence-electron chi connectivity index (χ4n) is 1.85. The number of aromatic nitrogens is 1. The highest BCUT2D eigenvalue weighted by Crippen LogP contribution is 2.15. The Morgan fingerprint density at radius 1 is 1.17 bits per heavy atom. The summed E-state index contributed by atoms with van der Waals surface area (Å²) >= 11 is 0. The van der Waals surface area contributed by atoms with Crippen LogP contribution in [0.1, 0.15) is 31.9 Å². The highest BCUT2D eigenvalue weighted by molar-refractivity contribution is 5.87. The van der Waals surface area contributed by atoms with E-state index in [0.717, 1.165) is 11.1 Å². The zero-order valence-electron chi connectivity index (χ0n) is 13.7. The van der Waals surface area contributed by atoms with Crippen LogP contribution in [0.5, 0.6) is 5.75 Å². The lowest BCUT2D eigenvalue weighted by Gasteiger charge is -2.17. The van der Waals surface area contributed by atoms with Gasteiger partial charge in [-0.05, 0) is 44.0 Å². The molecule has 0 bridgehead atoms. The summed E-state index contributed by atoms with van der Waals surface area (Å²) in [5.41, 5.74) is 1.36. The van der Waals surface area contributed by atoms with Gasteiger partial charge in [-0.3, -0.25) is 4.98 Å². The molecule has 120 valence electrons. The first-order valence-corrected chi connectivity index (χ1v) is 7.45. The van der Waals surface area contributed by atoms with Gasteiger partial charge in [0.05, 0.1) is 6.20 Å². The van der Waals surface area contributed by atoms with Gasteiger partial charge < -0.3 is 9.47 Å². The smallest absolute Gasteiger partial charge is 0.331 e. The number of carbonyl (C=O) groups is 1. The molecular weight excluding hydrogens is 290 g/mol. The van der Waals surface area contributed by atoms with Gasteiger partial charge in [0.15, 0.2) is 0 Å². The normalized spacial score (nSPS) is 11.4. The maximum Gasteiger partial charge on any atom is 0.331 e. The Morgan fingerprint density at radius 2 is 1.91 bits per heavy atom. The number of benzene rings is 1. The van der Waals surface area contributed by atoms with Crippen molar-refractivity contribution < 1.29 is 14.3 Å². The third-order valence-corrected chi connectivity index (χ3v) is 2.80. The van der Waals surface area contributed by atoms with Crippen LogP contribution in [-0.4, -0.2) is 16.6 Å². The Kier molecular flexibility index (Phi) is 5.52. The molecule has 4 heteroatoms. The Labute approximate surface area is 136 Å². The summed E-state index contributed by atoms with van der Waals surface area (Å²) in [7, 11) is 0. The molecule has 0 aliphatic heterocycles. The van der Waals surface area contributed by atoms with Gasteiger partial charge in [-0.2, -0.15) is 0 Å². The topological polar surface area (TPSA) is 48.4 Å². The SMILES string of the molecule is CC(C)(C)OC(=O)C=Cc1cncc(OCc2ccccc2)c1. The molecule has 0 unspecified atom stereocenters. The number of hydrogen-bond donors (Lipinski definition) is 0. The number of ether oxygens (including phenoxy) is 2. The molecule has 1 heterocycles. The number of hydrogen-bond acceptors (Lipinski definition) is 4. The van der Waals surface area contributed by atoms with Crippen molar-refractivity contribution in [1.29, 1.82) is 0 Å². The van der Waals surface area contributed by atoms with Crippen molar-refractivity contribution in [1.82, 2.24) is 4.98 Å². The van der Waals surface area contributed by atoms with Crippen molar-refractivity contribution >= 4 is 12.0 Å². The van der Waals surface area contributed by atoms with Gasteiger partial charge in [0, 0.05) is 12.3 Å². The van der Waals surface area contributed by atoms with Crippen molar-refractivity contribution in [2.24, 2.45) is 0 Å². The molecule has 0 saturated heterocycles. The summed E-state index contributed by atoms with van der Waals surface area (Å²) in [6.07, 6.45) is 6.36. The first kappa shape index (κ1) is 16.7. The van der Waals surface area contributed by atoms with E-state index in [9.17, 15) is 4.79 Å². The van der Waals surface area contributed by atoms with E-state index in [1.165, 1.54) is 6.08 Å². The second-order valence-electron chi connectivity index (χ2n) is 6.10. The predicted octanol–water partition coefficient (Wildman–Crippen LogP) is 4.02. The quantitative estimate of drug-likeness (QED) is 0.618. The molecule has 0 aliphatic carbocycles. The van der Waals surface area contributed by atoms with Gasteiger partial charge in [0.25, 0.3) is 0 Å². The summed E-state index contributed by atoms with van der Waals surface area (Å²) < 4.78 is 10.9. The fraction of sp³-hybridized carbons (Fsp3) is 0.263. The molecule has 1 aromatic heterocycles. The molecule has 0 amide bonds. The van der Waals surface area contributed by atoms with E-state index in [2.05, 4.69) is 4.98 Å². The maximum absolute atomic E-state index is 11.7. The van der Waals surface area contributed by atoms with Crippen molar-refractivity contribution in [2.45, 2.75) is 33.0 Å². The van der Waals surface area contributed by atoms with Crippen molar-refractivity contribution in [3.63, 3.8) is 0 Å². The monoisotopic (exact) mass is 311 g/mol. The van der Waals surface area contributed by atoms with Crippen LogP contribution < -0.4 is 4.74 Å². The largest absolute Gasteiger partial charge is 0.487 e. The lowest BCUT2D eigenvalue weighted by molar-refractivity contribution is -0.148. The zero-order valence-corrected chi connectivity index (χ0v) is 13.7. The van der Waals surface area contributed by atoms with Crippen LogP contribution in [0.3, 0.4) is 0 Å². The van der Waals surface area contributed by atoms with Crippen LogP contribution in [0.25, 0.3) is 6.08 Å². The Bertz CT molecular complexity index is 673. The number of nitrogens with zero attached hydrogens (tertiary/aromatic N) is 1. The highest BCUT2D eigenvalue weighted by Gasteiger charge is 2.13. The molecule has 2 aromatic rings. The van der Waals surface area contributed by atoms with E-state index in [1.807, 2.05) is 57.2 Å². The van der Waals surface area contributed by atoms with E-state index < -0.39 is 5.60 Å². The van der Waals surface area contributed by atoms with Gasteiger partial charge in [-0.15, -0.1) is 0 Å². The van der Waals surface area contributed by atoms with Gasteiger partial charge >= 0.3 is 5.97 Å². The molecule has 0 saturated carbocycles. The Morgan fingerprint density at radius 3 is 2.61 bits per heavy atom. The van der Waals surface area contributed by atoms with Crippen molar-refractivity contribution in [2.75, 3.05) is 0 Å². The first-order chi connectivity index (χ1) is 10.9. The Hall–Kier alpha value is -2.62. The van der Waals surface area contributed by atoms with Crippen LogP contribution in [0.4, 0.5) is 0 Å². The van der Waals surface area contributed by atoms with Crippen LogP contribution in [0.2, 0.25) is 0 Å². The summed E-state index contributed by atoms with van der Waals surface area (Å²) in [6.45, 7) is 5.97. The first-order valence-electron chi connectivity index (χ1n) is 7.45. The average Bonchev–Trinajstić information content (AvgIpc) is 2.51. The van der Waals surface area contributed by atoms with Gasteiger partial charge in [-0.25, -0.2) is 4.79 Å². The van der Waals surface area contributed by atoms with Gasteiger partial charge in [0.1, 0.15) is 18.0 Å². The lowest BCUT2D eigenvalue weighted by Crippen LogP contribution is -2.22. The number of carbonyl (C=O) groups excluding carboxylic acids is 1.